The van der Waals surface area contributed by atoms with Crippen LogP contribution in [0.2, 0.25) is 10.0 Å². The lowest BCUT2D eigenvalue weighted by Crippen LogP contribution is -2.31. The van der Waals surface area contributed by atoms with Gasteiger partial charge in [0.05, 0.1) is 7.11 Å². The third-order valence-corrected chi connectivity index (χ3v) is 2.91. The van der Waals surface area contributed by atoms with Gasteiger partial charge in [0.1, 0.15) is 6.54 Å². The molecule has 0 spiro atoms. The number of esters is 1. The predicted octanol–water partition coefficient (Wildman–Crippen LogP) is 2.64. The van der Waals surface area contributed by atoms with Gasteiger partial charge in [-0.05, 0) is 29.8 Å². The molecule has 6 heteroatoms. The van der Waals surface area contributed by atoms with Crippen LogP contribution in [0.5, 0.6) is 0 Å². The fourth-order valence-corrected chi connectivity index (χ4v) is 1.63. The quantitative estimate of drug-likeness (QED) is 0.634. The average Bonchev–Trinajstić information content (AvgIpc) is 2.39. The van der Waals surface area contributed by atoms with Crippen LogP contribution in [0.25, 0.3) is 6.08 Å². The molecule has 0 bridgehead atoms. The monoisotopic (exact) mass is 301 g/mol. The van der Waals surface area contributed by atoms with Gasteiger partial charge in [-0.15, -0.1) is 0 Å². The van der Waals surface area contributed by atoms with Crippen molar-refractivity contribution in [3.05, 3.63) is 39.9 Å². The molecule has 0 N–H and O–H groups in total. The molecule has 19 heavy (non-hydrogen) atoms. The van der Waals surface area contributed by atoms with Crippen LogP contribution in [0.1, 0.15) is 5.56 Å². The summed E-state index contributed by atoms with van der Waals surface area (Å²) < 4.78 is 4.47. The summed E-state index contributed by atoms with van der Waals surface area (Å²) in [5, 5.41) is 1.02. The molecule has 1 rings (SSSR count). The van der Waals surface area contributed by atoms with Crippen molar-refractivity contribution < 1.29 is 14.3 Å². The summed E-state index contributed by atoms with van der Waals surface area (Å²) in [6.07, 6.45) is 2.87. The van der Waals surface area contributed by atoms with E-state index in [4.69, 9.17) is 23.2 Å². The van der Waals surface area contributed by atoms with Crippen LogP contribution in [0.3, 0.4) is 0 Å². The molecule has 0 saturated carbocycles. The largest absolute Gasteiger partial charge is 0.468 e. The number of likely N-dealkylation sites (N-methyl/N-ethyl adjacent to an activating group) is 1. The molecule has 1 amide bonds. The minimum atomic E-state index is -0.481. The van der Waals surface area contributed by atoms with Gasteiger partial charge in [-0.3, -0.25) is 9.59 Å². The molecular weight excluding hydrogens is 289 g/mol. The van der Waals surface area contributed by atoms with Crippen molar-refractivity contribution in [2.45, 2.75) is 0 Å². The molecule has 0 radical (unpaired) electrons. The Morgan fingerprint density at radius 1 is 1.37 bits per heavy atom. The van der Waals surface area contributed by atoms with Gasteiger partial charge in [-0.2, -0.15) is 0 Å². The molecule has 1 aromatic rings. The van der Waals surface area contributed by atoms with Gasteiger partial charge in [-0.25, -0.2) is 0 Å². The van der Waals surface area contributed by atoms with E-state index in [9.17, 15) is 9.59 Å². The molecule has 0 aliphatic carbocycles. The van der Waals surface area contributed by atoms with E-state index in [1.165, 1.54) is 25.1 Å². The van der Waals surface area contributed by atoms with E-state index in [-0.39, 0.29) is 12.5 Å². The molecular formula is C13H13Cl2NO3. The molecule has 4 nitrogen and oxygen atoms in total. The van der Waals surface area contributed by atoms with Crippen LogP contribution in [0.15, 0.2) is 24.3 Å². The zero-order valence-corrected chi connectivity index (χ0v) is 12.0. The highest BCUT2D eigenvalue weighted by Gasteiger charge is 2.10. The van der Waals surface area contributed by atoms with Crippen LogP contribution in [0, 0.1) is 0 Å². The van der Waals surface area contributed by atoms with E-state index in [0.717, 1.165) is 0 Å². The minimum Gasteiger partial charge on any atom is -0.468 e. The number of halogens is 2. The van der Waals surface area contributed by atoms with Gasteiger partial charge < -0.3 is 9.64 Å². The number of carbonyl (C=O) groups excluding carboxylic acids is 2. The Kier molecular flexibility index (Phi) is 5.86. The minimum absolute atomic E-state index is 0.108. The predicted molar refractivity (Wildman–Crippen MR) is 75.1 cm³/mol. The molecule has 0 aliphatic rings. The fraction of sp³-hybridized carbons (Fsp3) is 0.231. The lowest BCUT2D eigenvalue weighted by atomic mass is 10.2. The highest BCUT2D eigenvalue weighted by atomic mass is 35.5. The second-order valence-electron chi connectivity index (χ2n) is 3.77. The number of hydrogen-bond acceptors (Lipinski definition) is 3. The molecule has 0 aromatic heterocycles. The van der Waals surface area contributed by atoms with Crippen LogP contribution in [0.4, 0.5) is 0 Å². The van der Waals surface area contributed by atoms with Crippen LogP contribution >= 0.6 is 23.2 Å². The molecule has 0 unspecified atom stereocenters. The normalized spacial score (nSPS) is 10.5. The fourth-order valence-electron chi connectivity index (χ4n) is 1.27. The maximum absolute atomic E-state index is 11.7. The van der Waals surface area contributed by atoms with Gasteiger partial charge in [-0.1, -0.05) is 23.2 Å². The first kappa shape index (κ1) is 15.5. The Labute approximate surface area is 121 Å². The van der Waals surface area contributed by atoms with Gasteiger partial charge >= 0.3 is 5.97 Å². The summed E-state index contributed by atoms with van der Waals surface area (Å²) >= 11 is 11.8. The first-order valence-electron chi connectivity index (χ1n) is 5.39. The van der Waals surface area contributed by atoms with Crippen molar-refractivity contribution in [3.8, 4) is 0 Å². The van der Waals surface area contributed by atoms with Gasteiger partial charge in [0, 0.05) is 23.2 Å². The van der Waals surface area contributed by atoms with E-state index in [2.05, 4.69) is 4.74 Å². The van der Waals surface area contributed by atoms with E-state index >= 15 is 0 Å². The Morgan fingerprint density at radius 2 is 2.05 bits per heavy atom. The Balaban J connectivity index is 2.73. The number of carbonyl (C=O) groups is 2. The van der Waals surface area contributed by atoms with Crippen molar-refractivity contribution >= 4 is 41.2 Å². The molecule has 1 aromatic carbocycles. The molecule has 0 atom stereocenters. The molecule has 0 aliphatic heterocycles. The number of ether oxygens (including phenoxy) is 1. The van der Waals surface area contributed by atoms with Crippen molar-refractivity contribution in [1.82, 2.24) is 4.90 Å². The second-order valence-corrected chi connectivity index (χ2v) is 4.61. The summed E-state index contributed by atoms with van der Waals surface area (Å²) in [5.74, 6) is -0.813. The number of benzene rings is 1. The number of amides is 1. The summed E-state index contributed by atoms with van der Waals surface area (Å²) in [7, 11) is 2.77. The van der Waals surface area contributed by atoms with Crippen LogP contribution < -0.4 is 0 Å². The Morgan fingerprint density at radius 3 is 2.68 bits per heavy atom. The van der Waals surface area contributed by atoms with Crippen molar-refractivity contribution in [1.29, 1.82) is 0 Å². The van der Waals surface area contributed by atoms with E-state index in [1.54, 1.807) is 24.3 Å². The standard InChI is InChI=1S/C13H13Cl2NO3/c1-16(8-13(18)19-2)12(17)6-3-9-7-10(14)4-5-11(9)15/h3-7H,8H2,1-2H3/b6-3+. The van der Waals surface area contributed by atoms with Crippen molar-refractivity contribution in [3.63, 3.8) is 0 Å². The highest BCUT2D eigenvalue weighted by Crippen LogP contribution is 2.21. The zero-order chi connectivity index (χ0) is 14.4. The Bertz CT molecular complexity index is 515. The van der Waals surface area contributed by atoms with E-state index in [0.29, 0.717) is 15.6 Å². The maximum atomic E-state index is 11.7. The Hall–Kier alpha value is -1.52. The SMILES string of the molecule is COC(=O)CN(C)C(=O)/C=C/c1cc(Cl)ccc1Cl. The topological polar surface area (TPSA) is 46.6 Å². The van der Waals surface area contributed by atoms with Gasteiger partial charge in [0.15, 0.2) is 0 Å². The lowest BCUT2D eigenvalue weighted by Gasteiger charge is -2.12. The van der Waals surface area contributed by atoms with Gasteiger partial charge in [0.25, 0.3) is 0 Å². The lowest BCUT2D eigenvalue weighted by molar-refractivity contribution is -0.144. The smallest absolute Gasteiger partial charge is 0.325 e. The summed E-state index contributed by atoms with van der Waals surface area (Å²) in [5.41, 5.74) is 0.633. The van der Waals surface area contributed by atoms with E-state index in [1.807, 2.05) is 0 Å². The highest BCUT2D eigenvalue weighted by molar-refractivity contribution is 6.34. The van der Waals surface area contributed by atoms with Crippen LogP contribution in [-0.2, 0) is 14.3 Å². The first-order chi connectivity index (χ1) is 8.93. The summed E-state index contributed by atoms with van der Waals surface area (Å²) in [6.45, 7) is -0.108. The number of nitrogens with zero attached hydrogens (tertiary/aromatic N) is 1. The average molecular weight is 302 g/mol. The van der Waals surface area contributed by atoms with Crippen molar-refractivity contribution in [2.24, 2.45) is 0 Å². The second kappa shape index (κ2) is 7.16. The van der Waals surface area contributed by atoms with Crippen molar-refractivity contribution in [2.75, 3.05) is 20.7 Å². The molecule has 102 valence electrons. The number of hydrogen-bond donors (Lipinski definition) is 0. The van der Waals surface area contributed by atoms with Gasteiger partial charge in [0.2, 0.25) is 5.91 Å². The third kappa shape index (κ3) is 4.93. The first-order valence-corrected chi connectivity index (χ1v) is 6.14. The number of rotatable bonds is 4. The molecule has 0 fully saturated rings. The number of methoxy groups -OCH3 is 1. The zero-order valence-electron chi connectivity index (χ0n) is 10.5. The third-order valence-electron chi connectivity index (χ3n) is 2.33. The molecule has 0 saturated heterocycles. The van der Waals surface area contributed by atoms with Crippen LogP contribution in [-0.4, -0.2) is 37.5 Å². The summed E-state index contributed by atoms with van der Waals surface area (Å²) in [6, 6.07) is 4.95. The maximum Gasteiger partial charge on any atom is 0.325 e. The molecule has 0 heterocycles. The summed E-state index contributed by atoms with van der Waals surface area (Å²) in [4.78, 5) is 24.0. The van der Waals surface area contributed by atoms with E-state index < -0.39 is 5.97 Å².